The van der Waals surface area contributed by atoms with Gasteiger partial charge in [0.1, 0.15) is 0 Å². The van der Waals surface area contributed by atoms with Gasteiger partial charge in [0.2, 0.25) is 0 Å². The molecule has 0 aliphatic carbocycles. The van der Waals surface area contributed by atoms with Crippen LogP contribution in [0.15, 0.2) is 67.3 Å². The Labute approximate surface area is 101 Å². The van der Waals surface area contributed by atoms with Crippen molar-refractivity contribution in [2.24, 2.45) is 0 Å². The van der Waals surface area contributed by atoms with E-state index in [1.165, 1.54) is 27.1 Å². The van der Waals surface area contributed by atoms with E-state index < -0.39 is 0 Å². The molecule has 0 N–H and O–H groups in total. The van der Waals surface area contributed by atoms with Crippen molar-refractivity contribution >= 4 is 21.5 Å². The molecule has 0 unspecified atom stereocenters. The third-order valence-electron chi connectivity index (χ3n) is 3.22. The van der Waals surface area contributed by atoms with E-state index in [0.29, 0.717) is 0 Å². The summed E-state index contributed by atoms with van der Waals surface area (Å²) < 4.78 is 0. The minimum atomic E-state index is 0.922. The highest BCUT2D eigenvalue weighted by molar-refractivity contribution is 6.09. The molecule has 0 spiro atoms. The number of rotatable bonds is 2. The van der Waals surface area contributed by atoms with Crippen molar-refractivity contribution in [2.45, 2.75) is 6.42 Å². The maximum Gasteiger partial charge on any atom is -0.00702 e. The number of hydrogen-bond donors (Lipinski definition) is 0. The highest BCUT2D eigenvalue weighted by Crippen LogP contribution is 2.28. The van der Waals surface area contributed by atoms with Gasteiger partial charge in [-0.1, -0.05) is 60.7 Å². The first-order valence-corrected chi connectivity index (χ1v) is 5.90. The Morgan fingerprint density at radius 1 is 0.824 bits per heavy atom. The van der Waals surface area contributed by atoms with Crippen LogP contribution in [0.3, 0.4) is 0 Å². The van der Waals surface area contributed by atoms with Gasteiger partial charge in [-0.15, -0.1) is 6.58 Å². The van der Waals surface area contributed by atoms with Crippen LogP contribution in [0.1, 0.15) is 5.56 Å². The van der Waals surface area contributed by atoms with Crippen LogP contribution in [0.5, 0.6) is 0 Å². The van der Waals surface area contributed by atoms with Crippen molar-refractivity contribution in [3.8, 4) is 0 Å². The van der Waals surface area contributed by atoms with Crippen LogP contribution in [0.4, 0.5) is 0 Å². The second-order valence-electron chi connectivity index (χ2n) is 4.29. The van der Waals surface area contributed by atoms with Gasteiger partial charge in [-0.05, 0) is 33.5 Å². The van der Waals surface area contributed by atoms with E-state index in [4.69, 9.17) is 0 Å². The van der Waals surface area contributed by atoms with Gasteiger partial charge in [0.15, 0.2) is 0 Å². The Hall–Kier alpha value is -2.08. The summed E-state index contributed by atoms with van der Waals surface area (Å²) >= 11 is 0. The van der Waals surface area contributed by atoms with Crippen LogP contribution in [-0.2, 0) is 6.42 Å². The van der Waals surface area contributed by atoms with Crippen molar-refractivity contribution < 1.29 is 0 Å². The minimum Gasteiger partial charge on any atom is -0.103 e. The van der Waals surface area contributed by atoms with E-state index in [1.807, 2.05) is 6.08 Å². The van der Waals surface area contributed by atoms with E-state index in [2.05, 4.69) is 61.2 Å². The van der Waals surface area contributed by atoms with E-state index in [0.717, 1.165) is 6.42 Å². The predicted octanol–water partition coefficient (Wildman–Crippen LogP) is 4.72. The number of hydrogen-bond acceptors (Lipinski definition) is 0. The third kappa shape index (κ3) is 1.62. The lowest BCUT2D eigenvalue weighted by Crippen LogP contribution is -1.85. The molecule has 0 saturated heterocycles. The molecule has 0 bridgehead atoms. The molecule has 17 heavy (non-hydrogen) atoms. The van der Waals surface area contributed by atoms with Gasteiger partial charge in [0, 0.05) is 0 Å². The van der Waals surface area contributed by atoms with Crippen molar-refractivity contribution in [3.05, 3.63) is 72.8 Å². The molecule has 0 nitrogen and oxygen atoms in total. The van der Waals surface area contributed by atoms with Crippen LogP contribution < -0.4 is 0 Å². The summed E-state index contributed by atoms with van der Waals surface area (Å²) in [5.41, 5.74) is 1.36. The predicted molar refractivity (Wildman–Crippen MR) is 75.4 cm³/mol. The number of benzene rings is 3. The largest absolute Gasteiger partial charge is 0.103 e. The SMILES string of the molecule is C=CCc1cccc2ccc3ccccc3c12. The molecule has 3 aromatic carbocycles. The molecule has 0 saturated carbocycles. The van der Waals surface area contributed by atoms with Crippen LogP contribution in [0.25, 0.3) is 21.5 Å². The Morgan fingerprint density at radius 3 is 2.47 bits per heavy atom. The quantitative estimate of drug-likeness (QED) is 0.431. The van der Waals surface area contributed by atoms with Crippen molar-refractivity contribution in [1.82, 2.24) is 0 Å². The van der Waals surface area contributed by atoms with Gasteiger partial charge in [-0.2, -0.15) is 0 Å². The summed E-state index contributed by atoms with van der Waals surface area (Å²) in [6.07, 6.45) is 2.89. The van der Waals surface area contributed by atoms with Crippen LogP contribution >= 0.6 is 0 Å². The lowest BCUT2D eigenvalue weighted by molar-refractivity contribution is 1.31. The summed E-state index contributed by atoms with van der Waals surface area (Å²) in [7, 11) is 0. The zero-order chi connectivity index (χ0) is 11.7. The zero-order valence-corrected chi connectivity index (χ0v) is 9.69. The van der Waals surface area contributed by atoms with Gasteiger partial charge in [-0.25, -0.2) is 0 Å². The van der Waals surface area contributed by atoms with Gasteiger partial charge in [0.25, 0.3) is 0 Å². The molecule has 0 aromatic heterocycles. The first kappa shape index (κ1) is 10.1. The Bertz CT molecular complexity index is 693. The first-order chi connectivity index (χ1) is 8.40. The lowest BCUT2D eigenvalue weighted by Gasteiger charge is -2.08. The topological polar surface area (TPSA) is 0 Å². The van der Waals surface area contributed by atoms with Gasteiger partial charge in [0.05, 0.1) is 0 Å². The maximum absolute atomic E-state index is 3.84. The molecule has 82 valence electrons. The summed E-state index contributed by atoms with van der Waals surface area (Å²) in [6.45, 7) is 3.84. The van der Waals surface area contributed by atoms with Crippen molar-refractivity contribution in [2.75, 3.05) is 0 Å². The molecule has 0 aliphatic heterocycles. The molecule has 0 aliphatic rings. The maximum atomic E-state index is 3.84. The summed E-state index contributed by atoms with van der Waals surface area (Å²) in [5.74, 6) is 0. The molecule has 0 fully saturated rings. The van der Waals surface area contributed by atoms with E-state index in [-0.39, 0.29) is 0 Å². The summed E-state index contributed by atoms with van der Waals surface area (Å²) in [4.78, 5) is 0. The Balaban J connectivity index is 2.49. The monoisotopic (exact) mass is 218 g/mol. The average Bonchev–Trinajstić information content (AvgIpc) is 2.39. The molecule has 0 heterocycles. The fraction of sp³-hybridized carbons (Fsp3) is 0.0588. The number of fused-ring (bicyclic) bond motifs is 3. The van der Waals surface area contributed by atoms with Crippen LogP contribution in [0, 0.1) is 0 Å². The first-order valence-electron chi connectivity index (χ1n) is 5.90. The third-order valence-corrected chi connectivity index (χ3v) is 3.22. The smallest absolute Gasteiger partial charge is 0.00702 e. The van der Waals surface area contributed by atoms with E-state index in [9.17, 15) is 0 Å². The average molecular weight is 218 g/mol. The van der Waals surface area contributed by atoms with E-state index in [1.54, 1.807) is 0 Å². The second kappa shape index (κ2) is 4.06. The molecule has 3 aromatic rings. The van der Waals surface area contributed by atoms with Crippen molar-refractivity contribution in [3.63, 3.8) is 0 Å². The molecular formula is C17H14. The Kier molecular flexibility index (Phi) is 2.41. The van der Waals surface area contributed by atoms with Gasteiger partial charge < -0.3 is 0 Å². The molecule has 3 rings (SSSR count). The lowest BCUT2D eigenvalue weighted by atomic mass is 9.96. The Morgan fingerprint density at radius 2 is 1.59 bits per heavy atom. The van der Waals surface area contributed by atoms with Crippen LogP contribution in [-0.4, -0.2) is 0 Å². The van der Waals surface area contributed by atoms with Crippen molar-refractivity contribution in [1.29, 1.82) is 0 Å². The van der Waals surface area contributed by atoms with Gasteiger partial charge >= 0.3 is 0 Å². The molecule has 0 atom stereocenters. The van der Waals surface area contributed by atoms with Crippen LogP contribution in [0.2, 0.25) is 0 Å². The van der Waals surface area contributed by atoms with Gasteiger partial charge in [-0.3, -0.25) is 0 Å². The summed E-state index contributed by atoms with van der Waals surface area (Å²) in [6, 6.07) is 19.4. The molecule has 0 heteroatoms. The van der Waals surface area contributed by atoms with E-state index >= 15 is 0 Å². The standard InChI is InChI=1S/C17H14/c1-2-6-14-8-5-9-15-12-11-13-7-3-4-10-16(13)17(14)15/h2-5,7-12H,1,6H2. The molecular weight excluding hydrogens is 204 g/mol. The fourth-order valence-corrected chi connectivity index (χ4v) is 2.46. The highest BCUT2D eigenvalue weighted by Gasteiger charge is 2.03. The second-order valence-corrected chi connectivity index (χ2v) is 4.29. The highest BCUT2D eigenvalue weighted by atomic mass is 14.1. The molecule has 0 amide bonds. The zero-order valence-electron chi connectivity index (χ0n) is 9.69. The number of allylic oxidation sites excluding steroid dienone is 1. The minimum absolute atomic E-state index is 0.922. The summed E-state index contributed by atoms with van der Waals surface area (Å²) in [5, 5.41) is 5.31. The fourth-order valence-electron chi connectivity index (χ4n) is 2.46. The normalized spacial score (nSPS) is 10.8. The molecule has 0 radical (unpaired) electrons.